The van der Waals surface area contributed by atoms with Crippen molar-refractivity contribution >= 4 is 11.3 Å². The Balaban J connectivity index is 1.92. The fourth-order valence-corrected chi connectivity index (χ4v) is 4.29. The second-order valence-electron chi connectivity index (χ2n) is 7.36. The molecule has 20 heavy (non-hydrogen) atoms. The minimum Gasteiger partial charge on any atom is -0.312 e. The molecule has 0 saturated heterocycles. The number of hydrogen-bond acceptors (Lipinski definition) is 2. The lowest BCUT2D eigenvalue weighted by Gasteiger charge is -2.34. The standard InChI is InChI=1S/C18H31NS/c1-5-16-10-11-17(20-16)12-14-8-6-7-9-15(14)13-19-18(2,3)4/h10-11,14-15,19H,5-9,12-13H2,1-4H3. The lowest BCUT2D eigenvalue weighted by atomic mass is 9.77. The van der Waals surface area contributed by atoms with Crippen LogP contribution in [0.25, 0.3) is 0 Å². The van der Waals surface area contributed by atoms with Crippen LogP contribution in [0.3, 0.4) is 0 Å². The summed E-state index contributed by atoms with van der Waals surface area (Å²) in [6.45, 7) is 10.3. The van der Waals surface area contributed by atoms with E-state index in [1.165, 1.54) is 45.1 Å². The topological polar surface area (TPSA) is 12.0 Å². The predicted molar refractivity (Wildman–Crippen MR) is 90.6 cm³/mol. The summed E-state index contributed by atoms with van der Waals surface area (Å²) in [6, 6.07) is 4.69. The van der Waals surface area contributed by atoms with Gasteiger partial charge < -0.3 is 5.32 Å². The molecule has 2 heteroatoms. The summed E-state index contributed by atoms with van der Waals surface area (Å²) >= 11 is 2.03. The Morgan fingerprint density at radius 2 is 1.75 bits per heavy atom. The molecule has 0 bridgehead atoms. The van der Waals surface area contributed by atoms with Gasteiger partial charge in [0.25, 0.3) is 0 Å². The molecule has 2 unspecified atom stereocenters. The Bertz CT molecular complexity index is 402. The van der Waals surface area contributed by atoms with Crippen LogP contribution in [0, 0.1) is 11.8 Å². The second-order valence-corrected chi connectivity index (χ2v) is 8.61. The van der Waals surface area contributed by atoms with E-state index in [2.05, 4.69) is 45.1 Å². The molecular formula is C18H31NS. The zero-order valence-corrected chi connectivity index (χ0v) is 14.5. The Morgan fingerprint density at radius 3 is 2.35 bits per heavy atom. The van der Waals surface area contributed by atoms with E-state index < -0.39 is 0 Å². The van der Waals surface area contributed by atoms with Crippen LogP contribution in [0.2, 0.25) is 0 Å². The van der Waals surface area contributed by atoms with Crippen molar-refractivity contribution in [1.29, 1.82) is 0 Å². The van der Waals surface area contributed by atoms with Gasteiger partial charge in [0.05, 0.1) is 0 Å². The van der Waals surface area contributed by atoms with Crippen LogP contribution in [0.15, 0.2) is 12.1 Å². The third-order valence-corrected chi connectivity index (χ3v) is 5.74. The molecule has 0 spiro atoms. The van der Waals surface area contributed by atoms with Crippen LogP contribution < -0.4 is 5.32 Å². The molecule has 1 heterocycles. The van der Waals surface area contributed by atoms with Crippen molar-refractivity contribution in [1.82, 2.24) is 5.32 Å². The normalized spacial score (nSPS) is 24.0. The zero-order valence-electron chi connectivity index (χ0n) is 13.7. The summed E-state index contributed by atoms with van der Waals surface area (Å²) in [7, 11) is 0. The van der Waals surface area contributed by atoms with Crippen molar-refractivity contribution in [2.45, 2.75) is 71.8 Å². The first kappa shape index (κ1) is 16.0. The van der Waals surface area contributed by atoms with Crippen molar-refractivity contribution < 1.29 is 0 Å². The fraction of sp³-hybridized carbons (Fsp3) is 0.778. The molecule has 2 rings (SSSR count). The molecule has 0 aromatic carbocycles. The van der Waals surface area contributed by atoms with Gasteiger partial charge in [-0.15, -0.1) is 11.3 Å². The molecule has 1 aliphatic rings. The van der Waals surface area contributed by atoms with Gasteiger partial charge >= 0.3 is 0 Å². The van der Waals surface area contributed by atoms with E-state index in [1.807, 2.05) is 11.3 Å². The smallest absolute Gasteiger partial charge is 0.00966 e. The van der Waals surface area contributed by atoms with E-state index in [0.29, 0.717) is 0 Å². The van der Waals surface area contributed by atoms with E-state index >= 15 is 0 Å². The third-order valence-electron chi connectivity index (χ3n) is 4.49. The van der Waals surface area contributed by atoms with Gasteiger partial charge in [-0.3, -0.25) is 0 Å². The Labute approximate surface area is 129 Å². The predicted octanol–water partition coefficient (Wildman–Crippen LogP) is 5.05. The highest BCUT2D eigenvalue weighted by atomic mass is 32.1. The fourth-order valence-electron chi connectivity index (χ4n) is 3.24. The third kappa shape index (κ3) is 4.89. The summed E-state index contributed by atoms with van der Waals surface area (Å²) in [6.07, 6.45) is 8.20. The molecule has 0 amide bonds. The Morgan fingerprint density at radius 1 is 1.10 bits per heavy atom. The van der Waals surface area contributed by atoms with Gasteiger partial charge in [0.2, 0.25) is 0 Å². The number of aryl methyl sites for hydroxylation is 1. The van der Waals surface area contributed by atoms with Gasteiger partial charge in [-0.05, 0) is 77.0 Å². The highest BCUT2D eigenvalue weighted by Crippen LogP contribution is 2.34. The monoisotopic (exact) mass is 293 g/mol. The van der Waals surface area contributed by atoms with Gasteiger partial charge in [-0.1, -0.05) is 19.8 Å². The van der Waals surface area contributed by atoms with E-state index in [-0.39, 0.29) is 5.54 Å². The summed E-state index contributed by atoms with van der Waals surface area (Å²) < 4.78 is 0. The number of rotatable bonds is 5. The van der Waals surface area contributed by atoms with Crippen LogP contribution in [-0.2, 0) is 12.8 Å². The zero-order chi connectivity index (χ0) is 14.6. The van der Waals surface area contributed by atoms with E-state index in [1.54, 1.807) is 9.75 Å². The van der Waals surface area contributed by atoms with Crippen molar-refractivity contribution in [3.8, 4) is 0 Å². The van der Waals surface area contributed by atoms with E-state index in [9.17, 15) is 0 Å². The summed E-state index contributed by atoms with van der Waals surface area (Å²) in [5, 5.41) is 3.73. The molecule has 1 aromatic heterocycles. The van der Waals surface area contributed by atoms with Crippen LogP contribution in [0.4, 0.5) is 0 Å². The molecular weight excluding hydrogens is 262 g/mol. The van der Waals surface area contributed by atoms with Crippen LogP contribution in [-0.4, -0.2) is 12.1 Å². The minimum atomic E-state index is 0.250. The van der Waals surface area contributed by atoms with Crippen molar-refractivity contribution in [3.63, 3.8) is 0 Å². The summed E-state index contributed by atoms with van der Waals surface area (Å²) in [4.78, 5) is 3.15. The molecule has 1 fully saturated rings. The van der Waals surface area contributed by atoms with Crippen molar-refractivity contribution in [3.05, 3.63) is 21.9 Å². The first-order valence-electron chi connectivity index (χ1n) is 8.30. The molecule has 0 aliphatic heterocycles. The maximum Gasteiger partial charge on any atom is 0.00966 e. The van der Waals surface area contributed by atoms with E-state index in [0.717, 1.165) is 11.8 Å². The van der Waals surface area contributed by atoms with Crippen molar-refractivity contribution in [2.24, 2.45) is 11.8 Å². The lowest BCUT2D eigenvalue weighted by Crippen LogP contribution is -2.41. The minimum absolute atomic E-state index is 0.250. The summed E-state index contributed by atoms with van der Waals surface area (Å²) in [5.74, 6) is 1.76. The van der Waals surface area contributed by atoms with Crippen LogP contribution in [0.5, 0.6) is 0 Å². The number of hydrogen-bond donors (Lipinski definition) is 1. The average molecular weight is 294 g/mol. The molecule has 114 valence electrons. The number of thiophene rings is 1. The van der Waals surface area contributed by atoms with Crippen LogP contribution >= 0.6 is 11.3 Å². The first-order chi connectivity index (χ1) is 9.48. The average Bonchev–Trinajstić information content (AvgIpc) is 2.84. The van der Waals surface area contributed by atoms with Gasteiger partial charge in [0.15, 0.2) is 0 Å². The lowest BCUT2D eigenvalue weighted by molar-refractivity contribution is 0.214. The first-order valence-corrected chi connectivity index (χ1v) is 9.12. The molecule has 1 aromatic rings. The van der Waals surface area contributed by atoms with Crippen LogP contribution in [0.1, 0.15) is 63.1 Å². The SMILES string of the molecule is CCc1ccc(CC2CCCCC2CNC(C)(C)C)s1. The molecule has 1 aliphatic carbocycles. The van der Waals surface area contributed by atoms with Gasteiger partial charge in [-0.2, -0.15) is 0 Å². The molecule has 2 atom stereocenters. The highest BCUT2D eigenvalue weighted by molar-refractivity contribution is 7.11. The van der Waals surface area contributed by atoms with E-state index in [4.69, 9.17) is 0 Å². The van der Waals surface area contributed by atoms with Gasteiger partial charge in [0.1, 0.15) is 0 Å². The highest BCUT2D eigenvalue weighted by Gasteiger charge is 2.26. The Hall–Kier alpha value is -0.340. The maximum absolute atomic E-state index is 3.73. The quantitative estimate of drug-likeness (QED) is 0.801. The Kier molecular flexibility index (Phi) is 5.68. The molecule has 1 saturated carbocycles. The largest absolute Gasteiger partial charge is 0.312 e. The molecule has 0 radical (unpaired) electrons. The van der Waals surface area contributed by atoms with Crippen molar-refractivity contribution in [2.75, 3.05) is 6.54 Å². The van der Waals surface area contributed by atoms with Gasteiger partial charge in [-0.25, -0.2) is 0 Å². The molecule has 1 nitrogen and oxygen atoms in total. The summed E-state index contributed by atoms with van der Waals surface area (Å²) in [5.41, 5.74) is 0.250. The number of nitrogens with one attached hydrogen (secondary N) is 1. The maximum atomic E-state index is 3.73. The molecule has 1 N–H and O–H groups in total. The van der Waals surface area contributed by atoms with Gasteiger partial charge in [0, 0.05) is 15.3 Å². The second kappa shape index (κ2) is 7.09.